The third-order valence-corrected chi connectivity index (χ3v) is 8.47. The molecular weight excluding hydrogens is 456 g/mol. The predicted molar refractivity (Wildman–Crippen MR) is 131 cm³/mol. The molecule has 0 atom stereocenters. The van der Waals surface area contributed by atoms with Crippen LogP contribution in [0.3, 0.4) is 0 Å². The van der Waals surface area contributed by atoms with Crippen LogP contribution in [-0.2, 0) is 14.8 Å². The van der Waals surface area contributed by atoms with Crippen molar-refractivity contribution in [3.8, 4) is 0 Å². The number of hydrogen-bond acceptors (Lipinski definition) is 6. The second-order valence-electron chi connectivity index (χ2n) is 7.59. The molecule has 0 unspecified atom stereocenters. The van der Waals surface area contributed by atoms with Crippen LogP contribution in [0.15, 0.2) is 99.3 Å². The van der Waals surface area contributed by atoms with E-state index in [4.69, 9.17) is 5.41 Å². The third-order valence-electron chi connectivity index (χ3n) is 5.56. The van der Waals surface area contributed by atoms with E-state index in [2.05, 4.69) is 5.32 Å². The minimum atomic E-state index is -3.85. The van der Waals surface area contributed by atoms with E-state index in [-0.39, 0.29) is 23.1 Å². The molecule has 3 aromatic rings. The maximum Gasteiger partial charge on any atom is 0.264 e. The first-order valence-corrected chi connectivity index (χ1v) is 12.4. The fourth-order valence-corrected chi connectivity index (χ4v) is 6.09. The first-order chi connectivity index (χ1) is 15.9. The highest BCUT2D eigenvalue weighted by Crippen LogP contribution is 2.44. The Morgan fingerprint density at radius 1 is 1.00 bits per heavy atom. The number of sulfonamides is 1. The second-order valence-corrected chi connectivity index (χ2v) is 10.6. The zero-order valence-corrected chi connectivity index (χ0v) is 19.3. The largest absolute Gasteiger partial charge is 0.349 e. The van der Waals surface area contributed by atoms with Crippen molar-refractivity contribution in [2.75, 3.05) is 21.6 Å². The molecular formula is C24H20N4O3S2. The second kappa shape index (κ2) is 8.09. The summed E-state index contributed by atoms with van der Waals surface area (Å²) in [6.07, 6.45) is 0.0725. The molecule has 1 amide bonds. The van der Waals surface area contributed by atoms with Gasteiger partial charge in [-0.05, 0) is 42.5 Å². The number of thioether (sulfide) groups is 1. The lowest BCUT2D eigenvalue weighted by atomic mass is 10.2. The first kappa shape index (κ1) is 21.3. The molecule has 33 heavy (non-hydrogen) atoms. The molecule has 3 aromatic carbocycles. The van der Waals surface area contributed by atoms with Gasteiger partial charge in [-0.2, -0.15) is 0 Å². The topological polar surface area (TPSA) is 93.6 Å². The number of rotatable bonds is 4. The quantitative estimate of drug-likeness (QED) is 0.572. The van der Waals surface area contributed by atoms with Crippen LogP contribution in [0.4, 0.5) is 17.1 Å². The molecule has 0 aliphatic carbocycles. The van der Waals surface area contributed by atoms with Gasteiger partial charge in [-0.25, -0.2) is 8.42 Å². The summed E-state index contributed by atoms with van der Waals surface area (Å²) in [5, 5.41) is 12.7. The molecule has 2 aliphatic heterocycles. The van der Waals surface area contributed by atoms with E-state index >= 15 is 0 Å². The van der Waals surface area contributed by atoms with Gasteiger partial charge in [0, 0.05) is 17.5 Å². The van der Waals surface area contributed by atoms with Crippen molar-refractivity contribution in [1.82, 2.24) is 0 Å². The normalized spacial score (nSPS) is 17.8. The van der Waals surface area contributed by atoms with Gasteiger partial charge in [-0.1, -0.05) is 48.2 Å². The molecule has 7 nitrogen and oxygen atoms in total. The van der Waals surface area contributed by atoms with Gasteiger partial charge >= 0.3 is 0 Å². The minimum absolute atomic E-state index is 0.0498. The molecule has 1 fully saturated rings. The molecule has 0 bridgehead atoms. The zero-order valence-electron chi connectivity index (χ0n) is 17.6. The maximum absolute atomic E-state index is 13.2. The van der Waals surface area contributed by atoms with E-state index in [9.17, 15) is 13.2 Å². The van der Waals surface area contributed by atoms with Gasteiger partial charge in [0.25, 0.3) is 10.0 Å². The van der Waals surface area contributed by atoms with E-state index in [0.29, 0.717) is 16.9 Å². The Hall–Kier alpha value is -3.56. The van der Waals surface area contributed by atoms with Crippen molar-refractivity contribution in [3.63, 3.8) is 0 Å². The Kier molecular flexibility index (Phi) is 5.22. The van der Waals surface area contributed by atoms with Crippen molar-refractivity contribution in [2.45, 2.75) is 16.2 Å². The van der Waals surface area contributed by atoms with Crippen LogP contribution >= 0.6 is 11.8 Å². The van der Waals surface area contributed by atoms with Crippen molar-refractivity contribution >= 4 is 50.6 Å². The van der Waals surface area contributed by atoms with Crippen LogP contribution in [0.1, 0.15) is 6.42 Å². The highest BCUT2D eigenvalue weighted by atomic mass is 32.2. The van der Waals surface area contributed by atoms with Gasteiger partial charge in [-0.3, -0.25) is 19.4 Å². The number of amidine groups is 1. The van der Waals surface area contributed by atoms with E-state index in [1.807, 2.05) is 30.3 Å². The molecule has 0 radical (unpaired) electrons. The van der Waals surface area contributed by atoms with Crippen LogP contribution in [0.5, 0.6) is 0 Å². The Bertz CT molecular complexity index is 1390. The Balaban J connectivity index is 1.46. The van der Waals surface area contributed by atoms with Crippen molar-refractivity contribution in [3.05, 3.63) is 89.5 Å². The molecule has 0 saturated carbocycles. The number of amides is 1. The summed E-state index contributed by atoms with van der Waals surface area (Å²) in [5.41, 5.74) is 2.42. The van der Waals surface area contributed by atoms with E-state index in [1.165, 1.54) is 40.1 Å². The van der Waals surface area contributed by atoms with Crippen molar-refractivity contribution in [1.29, 1.82) is 5.41 Å². The van der Waals surface area contributed by atoms with E-state index in [0.717, 1.165) is 15.6 Å². The summed E-state index contributed by atoms with van der Waals surface area (Å²) in [6.45, 7) is 0. The van der Waals surface area contributed by atoms with Gasteiger partial charge in [0.1, 0.15) is 5.84 Å². The standard InChI is InChI=1S/C24H20N4O3S2/c1-27(16-8-3-2-4-9-16)33(30,31)18-11-7-10-17(14-18)28-22(29)15-19(23(28)25)24-26-20-12-5-6-13-21(20)32-24/h2-14,25-26H,15H2,1H3. The van der Waals surface area contributed by atoms with Crippen molar-refractivity contribution in [2.24, 2.45) is 0 Å². The number of carbonyl (C=O) groups excluding carboxylic acids is 1. The summed E-state index contributed by atoms with van der Waals surface area (Å²) in [4.78, 5) is 15.3. The molecule has 0 spiro atoms. The lowest BCUT2D eigenvalue weighted by molar-refractivity contribution is -0.116. The first-order valence-electron chi connectivity index (χ1n) is 10.2. The average molecular weight is 477 g/mol. The predicted octanol–water partition coefficient (Wildman–Crippen LogP) is 4.66. The number of benzene rings is 3. The highest BCUT2D eigenvalue weighted by Gasteiger charge is 2.36. The number of hydrogen-bond donors (Lipinski definition) is 2. The van der Waals surface area contributed by atoms with Crippen LogP contribution in [0.2, 0.25) is 0 Å². The van der Waals surface area contributed by atoms with Crippen LogP contribution in [-0.4, -0.2) is 27.2 Å². The molecule has 1 saturated heterocycles. The van der Waals surface area contributed by atoms with Gasteiger partial charge < -0.3 is 5.32 Å². The number of para-hydroxylation sites is 2. The number of nitrogens with one attached hydrogen (secondary N) is 2. The average Bonchev–Trinajstić information content (AvgIpc) is 3.39. The monoisotopic (exact) mass is 476 g/mol. The van der Waals surface area contributed by atoms with E-state index in [1.54, 1.807) is 36.4 Å². The summed E-state index contributed by atoms with van der Waals surface area (Å²) < 4.78 is 27.6. The number of carbonyl (C=O) groups is 1. The fraction of sp³-hybridized carbons (Fsp3) is 0.0833. The fourth-order valence-electron chi connectivity index (χ4n) is 3.81. The summed E-state index contributed by atoms with van der Waals surface area (Å²) in [7, 11) is -2.36. The van der Waals surface area contributed by atoms with Gasteiger partial charge in [0.05, 0.1) is 33.4 Å². The minimum Gasteiger partial charge on any atom is -0.349 e. The maximum atomic E-state index is 13.2. The number of anilines is 3. The Morgan fingerprint density at radius 3 is 2.48 bits per heavy atom. The van der Waals surface area contributed by atoms with Gasteiger partial charge in [0.15, 0.2) is 0 Å². The smallest absolute Gasteiger partial charge is 0.264 e. The molecule has 5 rings (SSSR count). The van der Waals surface area contributed by atoms with Gasteiger partial charge in [-0.15, -0.1) is 0 Å². The van der Waals surface area contributed by atoms with Crippen LogP contribution in [0.25, 0.3) is 0 Å². The molecule has 9 heteroatoms. The number of nitrogens with zero attached hydrogens (tertiary/aromatic N) is 2. The molecule has 2 N–H and O–H groups in total. The van der Waals surface area contributed by atoms with Crippen LogP contribution < -0.4 is 14.5 Å². The molecule has 2 aliphatic rings. The third kappa shape index (κ3) is 3.69. The lowest BCUT2D eigenvalue weighted by Crippen LogP contribution is -2.30. The zero-order chi connectivity index (χ0) is 23.2. The van der Waals surface area contributed by atoms with E-state index < -0.39 is 10.0 Å². The Labute approximate surface area is 196 Å². The summed E-state index contributed by atoms with van der Waals surface area (Å²) in [5.74, 6) is -0.222. The SMILES string of the molecule is CN(c1ccccc1)S(=O)(=O)c1cccc(N2C(=N)C(=C3Nc4ccccc4S3)CC2=O)c1. The lowest BCUT2D eigenvalue weighted by Gasteiger charge is -2.21. The summed E-state index contributed by atoms with van der Waals surface area (Å²) >= 11 is 1.49. The van der Waals surface area contributed by atoms with Crippen LogP contribution in [0, 0.1) is 5.41 Å². The Morgan fingerprint density at radius 2 is 1.73 bits per heavy atom. The molecule has 2 heterocycles. The summed E-state index contributed by atoms with van der Waals surface area (Å²) in [6, 6.07) is 22.7. The van der Waals surface area contributed by atoms with Gasteiger partial charge in [0.2, 0.25) is 5.91 Å². The number of fused-ring (bicyclic) bond motifs is 1. The van der Waals surface area contributed by atoms with Crippen molar-refractivity contribution < 1.29 is 13.2 Å². The molecule has 0 aromatic heterocycles. The molecule has 166 valence electrons. The highest BCUT2D eigenvalue weighted by molar-refractivity contribution is 8.03.